The largest absolute Gasteiger partial charge is 0.490 e. The maximum absolute atomic E-state index is 10.4. The van der Waals surface area contributed by atoms with E-state index in [9.17, 15) is 5.11 Å². The first-order valence-electron chi connectivity index (χ1n) is 7.71. The van der Waals surface area contributed by atoms with Gasteiger partial charge in [0.2, 0.25) is 0 Å². The lowest BCUT2D eigenvalue weighted by Gasteiger charge is -2.29. The zero-order chi connectivity index (χ0) is 16.3. The molecule has 0 radical (unpaired) electrons. The summed E-state index contributed by atoms with van der Waals surface area (Å²) in [5.74, 6) is 1.04. The first-order valence-corrected chi connectivity index (χ1v) is 7.71. The molecule has 0 aliphatic rings. The summed E-state index contributed by atoms with van der Waals surface area (Å²) >= 11 is 0. The van der Waals surface area contributed by atoms with Crippen LogP contribution in [0, 0.1) is 12.8 Å². The normalized spacial score (nSPS) is 15.1. The van der Waals surface area contributed by atoms with E-state index in [1.807, 2.05) is 39.8 Å². The third-order valence-corrected chi connectivity index (χ3v) is 3.86. The fourth-order valence-electron chi connectivity index (χ4n) is 1.80. The van der Waals surface area contributed by atoms with Gasteiger partial charge in [0.25, 0.3) is 0 Å². The Kier molecular flexibility index (Phi) is 5.83. The van der Waals surface area contributed by atoms with Crippen molar-refractivity contribution in [3.05, 3.63) is 29.3 Å². The second-order valence-electron chi connectivity index (χ2n) is 7.47. The Hall–Kier alpha value is -1.06. The number of rotatable bonds is 6. The quantitative estimate of drug-likeness (QED) is 0.841. The molecule has 1 aromatic rings. The SMILES string of the molecule is Cc1cccc(CNC(C)(C)C)c1OCC(C)(O)C(C)C. The molecule has 0 saturated carbocycles. The van der Waals surface area contributed by atoms with Gasteiger partial charge >= 0.3 is 0 Å². The van der Waals surface area contributed by atoms with Crippen LogP contribution in [0.3, 0.4) is 0 Å². The lowest BCUT2D eigenvalue weighted by molar-refractivity contribution is -0.0270. The minimum atomic E-state index is -0.822. The highest BCUT2D eigenvalue weighted by molar-refractivity contribution is 5.40. The number of nitrogens with one attached hydrogen (secondary N) is 1. The van der Waals surface area contributed by atoms with Crippen LogP contribution in [-0.2, 0) is 6.54 Å². The summed E-state index contributed by atoms with van der Waals surface area (Å²) in [5.41, 5.74) is 1.47. The van der Waals surface area contributed by atoms with Crippen LogP contribution >= 0.6 is 0 Å². The van der Waals surface area contributed by atoms with Crippen molar-refractivity contribution in [2.45, 2.75) is 66.2 Å². The fourth-order valence-corrected chi connectivity index (χ4v) is 1.80. The molecule has 0 heterocycles. The third-order valence-electron chi connectivity index (χ3n) is 3.86. The molecule has 21 heavy (non-hydrogen) atoms. The average Bonchev–Trinajstić information content (AvgIpc) is 2.34. The summed E-state index contributed by atoms with van der Waals surface area (Å²) in [5, 5.41) is 13.8. The van der Waals surface area contributed by atoms with Crippen LogP contribution in [0.25, 0.3) is 0 Å². The fraction of sp³-hybridized carbons (Fsp3) is 0.667. The summed E-state index contributed by atoms with van der Waals surface area (Å²) < 4.78 is 5.97. The predicted molar refractivity (Wildman–Crippen MR) is 88.7 cm³/mol. The Morgan fingerprint density at radius 2 is 1.81 bits per heavy atom. The Bertz CT molecular complexity index is 459. The van der Waals surface area contributed by atoms with E-state index < -0.39 is 5.60 Å². The number of aliphatic hydroxyl groups is 1. The second kappa shape index (κ2) is 6.80. The molecule has 2 N–H and O–H groups in total. The molecule has 0 aliphatic carbocycles. The Morgan fingerprint density at radius 3 is 2.33 bits per heavy atom. The monoisotopic (exact) mass is 293 g/mol. The molecule has 0 saturated heterocycles. The summed E-state index contributed by atoms with van der Waals surface area (Å²) in [4.78, 5) is 0. The maximum Gasteiger partial charge on any atom is 0.126 e. The molecule has 0 bridgehead atoms. The van der Waals surface area contributed by atoms with Gasteiger partial charge in [-0.05, 0) is 46.1 Å². The number of para-hydroxylation sites is 1. The van der Waals surface area contributed by atoms with Gasteiger partial charge in [-0.3, -0.25) is 0 Å². The first-order chi connectivity index (χ1) is 9.53. The van der Waals surface area contributed by atoms with Crippen molar-refractivity contribution >= 4 is 0 Å². The topological polar surface area (TPSA) is 41.5 Å². The first kappa shape index (κ1) is 18.0. The summed E-state index contributed by atoms with van der Waals surface area (Å²) in [7, 11) is 0. The lowest BCUT2D eigenvalue weighted by atomic mass is 9.93. The molecule has 0 aromatic heterocycles. The molecule has 1 rings (SSSR count). The molecule has 1 atom stereocenters. The maximum atomic E-state index is 10.4. The van der Waals surface area contributed by atoms with Crippen molar-refractivity contribution in [1.82, 2.24) is 5.32 Å². The van der Waals surface area contributed by atoms with Crippen molar-refractivity contribution in [2.75, 3.05) is 6.61 Å². The predicted octanol–water partition coefficient (Wildman–Crippen LogP) is 3.67. The van der Waals surface area contributed by atoms with Gasteiger partial charge in [-0.25, -0.2) is 0 Å². The molecule has 120 valence electrons. The van der Waals surface area contributed by atoms with E-state index in [4.69, 9.17) is 4.74 Å². The Balaban J connectivity index is 2.86. The zero-order valence-corrected chi connectivity index (χ0v) is 14.6. The van der Waals surface area contributed by atoms with Crippen molar-refractivity contribution in [2.24, 2.45) is 5.92 Å². The molecule has 3 nitrogen and oxygen atoms in total. The summed E-state index contributed by atoms with van der Waals surface area (Å²) in [6.07, 6.45) is 0. The highest BCUT2D eigenvalue weighted by Gasteiger charge is 2.26. The molecule has 0 spiro atoms. The van der Waals surface area contributed by atoms with Crippen molar-refractivity contribution in [1.29, 1.82) is 0 Å². The van der Waals surface area contributed by atoms with Crippen molar-refractivity contribution < 1.29 is 9.84 Å². The molecule has 0 aliphatic heterocycles. The van der Waals surface area contributed by atoms with Crippen LogP contribution in [0.15, 0.2) is 18.2 Å². The van der Waals surface area contributed by atoms with E-state index in [0.29, 0.717) is 6.61 Å². The Morgan fingerprint density at radius 1 is 1.19 bits per heavy atom. The van der Waals surface area contributed by atoms with Crippen LogP contribution in [0.2, 0.25) is 0 Å². The van der Waals surface area contributed by atoms with E-state index in [2.05, 4.69) is 32.2 Å². The van der Waals surface area contributed by atoms with Gasteiger partial charge in [0.1, 0.15) is 12.4 Å². The van der Waals surface area contributed by atoms with Crippen LogP contribution in [-0.4, -0.2) is 22.9 Å². The van der Waals surface area contributed by atoms with E-state index in [1.54, 1.807) is 0 Å². The molecule has 0 fully saturated rings. The summed E-state index contributed by atoms with van der Waals surface area (Å²) in [6.45, 7) is 15.4. The van der Waals surface area contributed by atoms with Gasteiger partial charge in [0.05, 0.1) is 5.60 Å². The molecule has 1 aromatic carbocycles. The van der Waals surface area contributed by atoms with Crippen LogP contribution in [0.5, 0.6) is 5.75 Å². The minimum Gasteiger partial charge on any atom is -0.490 e. The van der Waals surface area contributed by atoms with E-state index >= 15 is 0 Å². The number of ether oxygens (including phenoxy) is 1. The highest BCUT2D eigenvalue weighted by Crippen LogP contribution is 2.26. The molecular weight excluding hydrogens is 262 g/mol. The Labute approximate surface area is 129 Å². The second-order valence-corrected chi connectivity index (χ2v) is 7.47. The highest BCUT2D eigenvalue weighted by atomic mass is 16.5. The lowest BCUT2D eigenvalue weighted by Crippen LogP contribution is -2.38. The number of benzene rings is 1. The van der Waals surface area contributed by atoms with E-state index in [1.165, 1.54) is 0 Å². The van der Waals surface area contributed by atoms with Gasteiger partial charge in [-0.15, -0.1) is 0 Å². The van der Waals surface area contributed by atoms with Crippen LogP contribution in [0.1, 0.15) is 52.7 Å². The molecule has 1 unspecified atom stereocenters. The molecule has 0 amide bonds. The third kappa shape index (κ3) is 5.68. The molecule has 3 heteroatoms. The van der Waals surface area contributed by atoms with Crippen LogP contribution in [0.4, 0.5) is 0 Å². The van der Waals surface area contributed by atoms with Gasteiger partial charge in [0, 0.05) is 17.6 Å². The van der Waals surface area contributed by atoms with Gasteiger partial charge in [-0.1, -0.05) is 32.0 Å². The standard InChI is InChI=1S/C18H31NO2/c1-13(2)18(7,20)12-21-16-14(3)9-8-10-15(16)11-19-17(4,5)6/h8-10,13,19-20H,11-12H2,1-7H3. The minimum absolute atomic E-state index is 0.0600. The van der Waals surface area contributed by atoms with Gasteiger partial charge in [-0.2, -0.15) is 0 Å². The average molecular weight is 293 g/mol. The zero-order valence-electron chi connectivity index (χ0n) is 14.6. The smallest absolute Gasteiger partial charge is 0.126 e. The van der Waals surface area contributed by atoms with Crippen molar-refractivity contribution in [3.8, 4) is 5.75 Å². The number of hydrogen-bond acceptors (Lipinski definition) is 3. The van der Waals surface area contributed by atoms with E-state index in [-0.39, 0.29) is 11.5 Å². The van der Waals surface area contributed by atoms with Crippen molar-refractivity contribution in [3.63, 3.8) is 0 Å². The van der Waals surface area contributed by atoms with E-state index in [0.717, 1.165) is 23.4 Å². The van der Waals surface area contributed by atoms with Gasteiger partial charge in [0.15, 0.2) is 0 Å². The number of aryl methyl sites for hydroxylation is 1. The number of hydrogen-bond donors (Lipinski definition) is 2. The molecular formula is C18H31NO2. The van der Waals surface area contributed by atoms with Crippen LogP contribution < -0.4 is 10.1 Å². The summed E-state index contributed by atoms with van der Waals surface area (Å²) in [6, 6.07) is 6.16. The van der Waals surface area contributed by atoms with Gasteiger partial charge < -0.3 is 15.2 Å².